The minimum Gasteiger partial charge on any atom is -0.462 e. The summed E-state index contributed by atoms with van der Waals surface area (Å²) in [5, 5.41) is 0. The van der Waals surface area contributed by atoms with E-state index in [1.807, 2.05) is 0 Å². The molecule has 4 aliphatic carbocycles. The summed E-state index contributed by atoms with van der Waals surface area (Å²) in [4.78, 5) is 12.9. The summed E-state index contributed by atoms with van der Waals surface area (Å²) < 4.78 is 6.19. The lowest BCUT2D eigenvalue weighted by Gasteiger charge is -2.61. The Morgan fingerprint density at radius 2 is 1.22 bits per heavy atom. The Labute approximate surface area is 307 Å². The average molecular weight is 683 g/mol. The number of carbonyl (C=O) groups excluding carboxylic acids is 1. The maximum Gasteiger partial charge on any atom is 0.306 e. The largest absolute Gasteiger partial charge is 0.462 e. The summed E-state index contributed by atoms with van der Waals surface area (Å²) in [6.45, 7) is 17.6. The minimum atomic E-state index is 0.0928. The van der Waals surface area contributed by atoms with Crippen LogP contribution in [0, 0.1) is 58.2 Å². The van der Waals surface area contributed by atoms with Crippen LogP contribution in [0.25, 0.3) is 0 Å². The zero-order valence-electron chi connectivity index (χ0n) is 34.3. The van der Waals surface area contributed by atoms with Crippen molar-refractivity contribution >= 4 is 5.97 Å². The van der Waals surface area contributed by atoms with Crippen LogP contribution in [0.4, 0.5) is 0 Å². The topological polar surface area (TPSA) is 26.3 Å². The Kier molecular flexibility index (Phi) is 17.4. The highest BCUT2D eigenvalue weighted by Gasteiger charge is 2.60. The van der Waals surface area contributed by atoms with Crippen LogP contribution in [0.15, 0.2) is 0 Å². The number of ether oxygens (including phenoxy) is 1. The van der Waals surface area contributed by atoms with E-state index in [1.54, 1.807) is 0 Å². The van der Waals surface area contributed by atoms with Gasteiger partial charge in [0.2, 0.25) is 0 Å². The van der Waals surface area contributed by atoms with Gasteiger partial charge in [-0.1, -0.05) is 151 Å². The van der Waals surface area contributed by atoms with Gasteiger partial charge in [-0.05, 0) is 129 Å². The second-order valence-corrected chi connectivity index (χ2v) is 19.4. The SMILES string of the molecule is CCCCCCCCCCCCCCCCCC(=O)OC1CC[C@@]2(C)C(CC[C@H]3[C@@H]4CC[C@H]([C@H](C)CC[C@@H](CC)C(C)C)[C@@]4(C)CC[C@@H]32)C1. The molecule has 0 bridgehead atoms. The Bertz CT molecular complexity index is 925. The predicted molar refractivity (Wildman–Crippen MR) is 212 cm³/mol. The van der Waals surface area contributed by atoms with Crippen LogP contribution in [0.2, 0.25) is 0 Å². The molecule has 0 amide bonds. The Hall–Kier alpha value is -0.530. The van der Waals surface area contributed by atoms with Gasteiger partial charge in [0.05, 0.1) is 0 Å². The summed E-state index contributed by atoms with van der Waals surface area (Å²) in [5.74, 6) is 7.20. The lowest BCUT2D eigenvalue weighted by Crippen LogP contribution is -2.54. The third kappa shape index (κ3) is 11.2. The van der Waals surface area contributed by atoms with E-state index in [0.29, 0.717) is 17.3 Å². The molecule has 4 fully saturated rings. The number of fused-ring (bicyclic) bond motifs is 5. The molecule has 286 valence electrons. The van der Waals surface area contributed by atoms with Gasteiger partial charge in [-0.25, -0.2) is 0 Å². The molecule has 4 aliphatic rings. The highest BCUT2D eigenvalue weighted by atomic mass is 16.5. The van der Waals surface area contributed by atoms with Crippen LogP contribution in [-0.4, -0.2) is 12.1 Å². The van der Waals surface area contributed by atoms with Gasteiger partial charge in [0.15, 0.2) is 0 Å². The van der Waals surface area contributed by atoms with E-state index in [4.69, 9.17) is 4.74 Å². The normalized spacial score (nSPS) is 33.9. The molecule has 4 saturated carbocycles. The van der Waals surface area contributed by atoms with E-state index in [1.165, 1.54) is 154 Å². The maximum absolute atomic E-state index is 12.9. The number of rotatable bonds is 23. The van der Waals surface area contributed by atoms with Gasteiger partial charge < -0.3 is 4.74 Å². The molecule has 0 saturated heterocycles. The molecule has 10 atom stereocenters. The molecular weight excluding hydrogens is 597 g/mol. The molecule has 0 N–H and O–H groups in total. The second-order valence-electron chi connectivity index (χ2n) is 19.4. The van der Waals surface area contributed by atoms with Gasteiger partial charge in [-0.2, -0.15) is 0 Å². The monoisotopic (exact) mass is 683 g/mol. The van der Waals surface area contributed by atoms with E-state index >= 15 is 0 Å². The minimum absolute atomic E-state index is 0.0928. The number of hydrogen-bond acceptors (Lipinski definition) is 2. The van der Waals surface area contributed by atoms with Crippen LogP contribution in [-0.2, 0) is 9.53 Å². The van der Waals surface area contributed by atoms with Crippen molar-refractivity contribution in [2.75, 3.05) is 0 Å². The molecule has 2 unspecified atom stereocenters. The van der Waals surface area contributed by atoms with Crippen molar-refractivity contribution in [3.63, 3.8) is 0 Å². The smallest absolute Gasteiger partial charge is 0.306 e. The first-order chi connectivity index (χ1) is 23.6. The van der Waals surface area contributed by atoms with E-state index in [0.717, 1.165) is 66.6 Å². The summed E-state index contributed by atoms with van der Waals surface area (Å²) >= 11 is 0. The van der Waals surface area contributed by atoms with Crippen LogP contribution >= 0.6 is 0 Å². The third-order valence-electron chi connectivity index (χ3n) is 16.1. The zero-order chi connectivity index (χ0) is 35.3. The first kappa shape index (κ1) is 41.2. The molecule has 4 rings (SSSR count). The van der Waals surface area contributed by atoms with E-state index < -0.39 is 0 Å². The van der Waals surface area contributed by atoms with Crippen LogP contribution in [0.5, 0.6) is 0 Å². The van der Waals surface area contributed by atoms with Gasteiger partial charge >= 0.3 is 5.97 Å². The lowest BCUT2D eigenvalue weighted by molar-refractivity contribution is -0.162. The van der Waals surface area contributed by atoms with Gasteiger partial charge in [-0.15, -0.1) is 0 Å². The standard InChI is InChI=1S/C47H86O2/c1-8-10-11-12-13-14-15-16-17-18-19-20-21-22-23-24-45(48)49-40-31-33-46(6)39(35-40)27-28-41-43-30-29-42(47(43,7)34-32-44(41)46)37(5)25-26-38(9-2)36(3)4/h36-44H,8-35H2,1-7H3/t37-,38-,39?,40?,41+,42-,43+,44+,46+,47-/m1/s1. The van der Waals surface area contributed by atoms with Crippen molar-refractivity contribution in [3.8, 4) is 0 Å². The fourth-order valence-electron chi connectivity index (χ4n) is 12.9. The van der Waals surface area contributed by atoms with Crippen molar-refractivity contribution in [2.45, 2.75) is 234 Å². The highest BCUT2D eigenvalue weighted by molar-refractivity contribution is 5.69. The third-order valence-corrected chi connectivity index (χ3v) is 16.1. The zero-order valence-corrected chi connectivity index (χ0v) is 34.3. The molecule has 0 aliphatic heterocycles. The molecule has 0 aromatic rings. The molecule has 49 heavy (non-hydrogen) atoms. The van der Waals surface area contributed by atoms with E-state index in [-0.39, 0.29) is 12.1 Å². The fraction of sp³-hybridized carbons (Fsp3) is 0.979. The molecular formula is C47H86O2. The fourth-order valence-corrected chi connectivity index (χ4v) is 12.9. The van der Waals surface area contributed by atoms with Crippen molar-refractivity contribution in [1.29, 1.82) is 0 Å². The van der Waals surface area contributed by atoms with Crippen LogP contribution < -0.4 is 0 Å². The van der Waals surface area contributed by atoms with Crippen molar-refractivity contribution in [2.24, 2.45) is 58.2 Å². The average Bonchev–Trinajstić information content (AvgIpc) is 3.44. The Morgan fingerprint density at radius 1 is 0.653 bits per heavy atom. The lowest BCUT2D eigenvalue weighted by atomic mass is 9.44. The summed E-state index contributed by atoms with van der Waals surface area (Å²) in [5.41, 5.74) is 1.04. The number of esters is 1. The van der Waals surface area contributed by atoms with Gasteiger partial charge in [-0.3, -0.25) is 4.79 Å². The van der Waals surface area contributed by atoms with Crippen molar-refractivity contribution < 1.29 is 9.53 Å². The summed E-state index contributed by atoms with van der Waals surface area (Å²) in [6, 6.07) is 0. The van der Waals surface area contributed by atoms with Crippen molar-refractivity contribution in [3.05, 3.63) is 0 Å². The van der Waals surface area contributed by atoms with Gasteiger partial charge in [0, 0.05) is 6.42 Å². The molecule has 2 nitrogen and oxygen atoms in total. The highest BCUT2D eigenvalue weighted by Crippen LogP contribution is 2.68. The number of unbranched alkanes of at least 4 members (excludes halogenated alkanes) is 14. The Balaban J connectivity index is 1.10. The summed E-state index contributed by atoms with van der Waals surface area (Å²) in [7, 11) is 0. The molecule has 0 aromatic carbocycles. The van der Waals surface area contributed by atoms with Crippen LogP contribution in [0.3, 0.4) is 0 Å². The van der Waals surface area contributed by atoms with E-state index in [9.17, 15) is 4.79 Å². The van der Waals surface area contributed by atoms with Crippen LogP contribution in [0.1, 0.15) is 228 Å². The van der Waals surface area contributed by atoms with Gasteiger partial charge in [0.25, 0.3) is 0 Å². The number of carbonyl (C=O) groups is 1. The predicted octanol–water partition coefficient (Wildman–Crippen LogP) is 14.9. The first-order valence-corrected chi connectivity index (χ1v) is 22.8. The molecule has 0 heterocycles. The molecule has 0 aromatic heterocycles. The first-order valence-electron chi connectivity index (χ1n) is 22.8. The summed E-state index contributed by atoms with van der Waals surface area (Å²) in [6.07, 6.45) is 37.8. The van der Waals surface area contributed by atoms with Crippen molar-refractivity contribution in [1.82, 2.24) is 0 Å². The Morgan fingerprint density at radius 3 is 1.82 bits per heavy atom. The number of hydrogen-bond donors (Lipinski definition) is 0. The van der Waals surface area contributed by atoms with Gasteiger partial charge in [0.1, 0.15) is 6.10 Å². The quantitative estimate of drug-likeness (QED) is 0.0792. The molecule has 0 spiro atoms. The molecule has 2 heteroatoms. The molecule has 0 radical (unpaired) electrons. The second kappa shape index (κ2) is 20.6. The van der Waals surface area contributed by atoms with E-state index in [2.05, 4.69) is 48.5 Å². The maximum atomic E-state index is 12.9.